The molecular weight excluding hydrogens is 361 g/mol. The zero-order valence-corrected chi connectivity index (χ0v) is 13.2. The van der Waals surface area contributed by atoms with E-state index in [9.17, 15) is 0 Å². The molecule has 0 aliphatic rings. The fourth-order valence-electron chi connectivity index (χ4n) is 1.74. The van der Waals surface area contributed by atoms with Crippen molar-refractivity contribution in [3.05, 3.63) is 38.4 Å². The van der Waals surface area contributed by atoms with Gasteiger partial charge in [0.05, 0.1) is 9.26 Å². The van der Waals surface area contributed by atoms with Crippen LogP contribution in [0.1, 0.15) is 25.1 Å². The number of aromatic nitrogens is 3. The Morgan fingerprint density at radius 1 is 1.22 bits per heavy atom. The largest absolute Gasteiger partial charge is 0.264 e. The maximum absolute atomic E-state index is 6.17. The number of rotatable bonds is 3. The van der Waals surface area contributed by atoms with Gasteiger partial charge in [-0.05, 0) is 47.1 Å². The van der Waals surface area contributed by atoms with E-state index in [4.69, 9.17) is 11.6 Å². The summed E-state index contributed by atoms with van der Waals surface area (Å²) in [6.07, 6.45) is 5.36. The maximum atomic E-state index is 6.17. The molecule has 0 spiro atoms. The van der Waals surface area contributed by atoms with Crippen LogP contribution in [0.5, 0.6) is 0 Å². The smallest absolute Gasteiger partial charge is 0.161 e. The van der Waals surface area contributed by atoms with Gasteiger partial charge in [0, 0.05) is 18.0 Å². The van der Waals surface area contributed by atoms with Crippen molar-refractivity contribution >= 4 is 34.2 Å². The van der Waals surface area contributed by atoms with Gasteiger partial charge in [0.2, 0.25) is 0 Å². The summed E-state index contributed by atoms with van der Waals surface area (Å²) in [7, 11) is 0. The molecular formula is C13H13ClIN3. The minimum atomic E-state index is 0.524. The van der Waals surface area contributed by atoms with E-state index in [-0.39, 0.29) is 0 Å². The van der Waals surface area contributed by atoms with Gasteiger partial charge in [-0.25, -0.2) is 9.97 Å². The van der Waals surface area contributed by atoms with E-state index in [1.807, 2.05) is 12.3 Å². The molecule has 0 N–H and O–H groups in total. The summed E-state index contributed by atoms with van der Waals surface area (Å²) >= 11 is 8.36. The van der Waals surface area contributed by atoms with Crippen molar-refractivity contribution in [3.8, 4) is 11.4 Å². The van der Waals surface area contributed by atoms with Crippen molar-refractivity contribution in [3.63, 3.8) is 0 Å². The molecule has 18 heavy (non-hydrogen) atoms. The Hall–Kier alpha value is -0.750. The zero-order valence-electron chi connectivity index (χ0n) is 10.2. The standard InChI is InChI=1S/C13H13ClIN3/c1-3-8-7-16-6-5-9(8)13-17-10(4-2)11(15)12(14)18-13/h5-7H,3-4H2,1-2H3. The van der Waals surface area contributed by atoms with Crippen LogP contribution in [0, 0.1) is 3.57 Å². The molecule has 2 aromatic rings. The molecule has 0 bridgehead atoms. The van der Waals surface area contributed by atoms with Crippen LogP contribution >= 0.6 is 34.2 Å². The van der Waals surface area contributed by atoms with Crippen LogP contribution in [0.15, 0.2) is 18.5 Å². The first-order valence-corrected chi connectivity index (χ1v) is 7.28. The summed E-state index contributed by atoms with van der Waals surface area (Å²) in [5.74, 6) is 0.691. The molecule has 0 aliphatic carbocycles. The lowest BCUT2D eigenvalue weighted by atomic mass is 10.1. The molecule has 94 valence electrons. The van der Waals surface area contributed by atoms with Crippen molar-refractivity contribution in [2.24, 2.45) is 0 Å². The summed E-state index contributed by atoms with van der Waals surface area (Å²) in [4.78, 5) is 13.1. The van der Waals surface area contributed by atoms with Crippen LogP contribution in [0.25, 0.3) is 11.4 Å². The fraction of sp³-hybridized carbons (Fsp3) is 0.308. The molecule has 0 saturated carbocycles. The Labute approximate surface area is 125 Å². The fourth-order valence-corrected chi connectivity index (χ4v) is 2.56. The van der Waals surface area contributed by atoms with Crippen LogP contribution in [-0.4, -0.2) is 15.0 Å². The van der Waals surface area contributed by atoms with E-state index < -0.39 is 0 Å². The van der Waals surface area contributed by atoms with Crippen molar-refractivity contribution in [2.75, 3.05) is 0 Å². The first-order valence-electron chi connectivity index (χ1n) is 5.82. The van der Waals surface area contributed by atoms with E-state index in [0.29, 0.717) is 11.0 Å². The molecule has 0 aromatic carbocycles. The second-order valence-electron chi connectivity index (χ2n) is 3.84. The van der Waals surface area contributed by atoms with E-state index in [2.05, 4.69) is 51.4 Å². The van der Waals surface area contributed by atoms with Crippen LogP contribution in [-0.2, 0) is 12.8 Å². The Balaban J connectivity index is 2.61. The monoisotopic (exact) mass is 373 g/mol. The van der Waals surface area contributed by atoms with Gasteiger partial charge in [-0.2, -0.15) is 0 Å². The predicted molar refractivity (Wildman–Crippen MR) is 81.7 cm³/mol. The normalized spacial score (nSPS) is 10.7. The first-order chi connectivity index (χ1) is 8.67. The second-order valence-corrected chi connectivity index (χ2v) is 5.28. The van der Waals surface area contributed by atoms with Crippen LogP contribution < -0.4 is 0 Å². The molecule has 3 nitrogen and oxygen atoms in total. The molecule has 0 radical (unpaired) electrons. The molecule has 2 aromatic heterocycles. The summed E-state index contributed by atoms with van der Waals surface area (Å²) in [6, 6.07) is 1.94. The van der Waals surface area contributed by atoms with Crippen LogP contribution in [0.3, 0.4) is 0 Å². The van der Waals surface area contributed by atoms with Crippen molar-refractivity contribution in [2.45, 2.75) is 26.7 Å². The molecule has 5 heteroatoms. The summed E-state index contributed by atoms with van der Waals surface area (Å²) in [6.45, 7) is 4.16. The molecule has 0 aliphatic heterocycles. The van der Waals surface area contributed by atoms with Gasteiger partial charge in [0.1, 0.15) is 5.15 Å². The second kappa shape index (κ2) is 5.93. The Kier molecular flexibility index (Phi) is 4.50. The Morgan fingerprint density at radius 2 is 2.00 bits per heavy atom. The number of hydrogen-bond acceptors (Lipinski definition) is 3. The third-order valence-electron chi connectivity index (χ3n) is 2.74. The highest BCUT2D eigenvalue weighted by atomic mass is 127. The van der Waals surface area contributed by atoms with Gasteiger partial charge in [-0.1, -0.05) is 25.4 Å². The van der Waals surface area contributed by atoms with Crippen molar-refractivity contribution in [1.82, 2.24) is 15.0 Å². The molecule has 2 heterocycles. The summed E-state index contributed by atoms with van der Waals surface area (Å²) < 4.78 is 0.938. The molecule has 0 atom stereocenters. The number of halogens is 2. The van der Waals surface area contributed by atoms with Crippen LogP contribution in [0.4, 0.5) is 0 Å². The predicted octanol–water partition coefficient (Wildman–Crippen LogP) is 3.92. The number of nitrogens with zero attached hydrogens (tertiary/aromatic N) is 3. The Bertz CT molecular complexity index is 572. The van der Waals surface area contributed by atoms with E-state index >= 15 is 0 Å². The maximum Gasteiger partial charge on any atom is 0.161 e. The third-order valence-corrected chi connectivity index (χ3v) is 4.47. The minimum Gasteiger partial charge on any atom is -0.264 e. The van der Waals surface area contributed by atoms with Gasteiger partial charge in [0.25, 0.3) is 0 Å². The van der Waals surface area contributed by atoms with Crippen molar-refractivity contribution < 1.29 is 0 Å². The highest BCUT2D eigenvalue weighted by molar-refractivity contribution is 14.1. The van der Waals surface area contributed by atoms with Crippen LogP contribution in [0.2, 0.25) is 5.15 Å². The molecule has 2 rings (SSSR count). The first kappa shape index (κ1) is 13.7. The number of hydrogen-bond donors (Lipinski definition) is 0. The number of pyridine rings is 1. The molecule has 0 fully saturated rings. The average molecular weight is 374 g/mol. The van der Waals surface area contributed by atoms with E-state index in [1.165, 1.54) is 0 Å². The summed E-state index contributed by atoms with van der Waals surface area (Å²) in [5.41, 5.74) is 3.14. The average Bonchev–Trinajstić information content (AvgIpc) is 2.41. The van der Waals surface area contributed by atoms with Gasteiger partial charge in [0.15, 0.2) is 5.82 Å². The number of aryl methyl sites for hydroxylation is 2. The molecule has 0 saturated heterocycles. The quantitative estimate of drug-likeness (QED) is 0.604. The lowest BCUT2D eigenvalue weighted by Crippen LogP contribution is -2.01. The molecule has 0 amide bonds. The topological polar surface area (TPSA) is 38.7 Å². The SMILES string of the molecule is CCc1cnccc1-c1nc(Cl)c(I)c(CC)n1. The Morgan fingerprint density at radius 3 is 2.67 bits per heavy atom. The van der Waals surface area contributed by atoms with Gasteiger partial charge < -0.3 is 0 Å². The third kappa shape index (κ3) is 2.64. The lowest BCUT2D eigenvalue weighted by Gasteiger charge is -2.09. The summed E-state index contributed by atoms with van der Waals surface area (Å²) in [5, 5.41) is 0.524. The van der Waals surface area contributed by atoms with Gasteiger partial charge >= 0.3 is 0 Å². The highest BCUT2D eigenvalue weighted by Gasteiger charge is 2.12. The molecule has 0 unspecified atom stereocenters. The van der Waals surface area contributed by atoms with E-state index in [1.54, 1.807) is 6.20 Å². The minimum absolute atomic E-state index is 0.524. The van der Waals surface area contributed by atoms with Gasteiger partial charge in [-0.15, -0.1) is 0 Å². The zero-order chi connectivity index (χ0) is 13.1. The van der Waals surface area contributed by atoms with Crippen molar-refractivity contribution in [1.29, 1.82) is 0 Å². The van der Waals surface area contributed by atoms with Gasteiger partial charge in [-0.3, -0.25) is 4.98 Å². The highest BCUT2D eigenvalue weighted by Crippen LogP contribution is 2.26. The van der Waals surface area contributed by atoms with E-state index in [0.717, 1.165) is 33.2 Å². The lowest BCUT2D eigenvalue weighted by molar-refractivity contribution is 0.982.